The van der Waals surface area contributed by atoms with Crippen molar-refractivity contribution in [1.29, 1.82) is 0 Å². The molecule has 2 rings (SSSR count). The zero-order valence-electron chi connectivity index (χ0n) is 16.3. The van der Waals surface area contributed by atoms with Gasteiger partial charge in [-0.1, -0.05) is 38.1 Å². The van der Waals surface area contributed by atoms with Crippen LogP contribution in [-0.4, -0.2) is 18.4 Å². The number of rotatable bonds is 6. The van der Waals surface area contributed by atoms with Gasteiger partial charge >= 0.3 is 0 Å². The smallest absolute Gasteiger partial charge is 0.226 e. The van der Waals surface area contributed by atoms with Gasteiger partial charge in [0.1, 0.15) is 0 Å². The molecule has 2 aromatic carbocycles. The summed E-state index contributed by atoms with van der Waals surface area (Å²) in [4.78, 5) is 26.0. The fourth-order valence-electron chi connectivity index (χ4n) is 2.85. The van der Waals surface area contributed by atoms with Gasteiger partial charge in [0.05, 0.1) is 0 Å². The van der Waals surface area contributed by atoms with E-state index in [0.717, 1.165) is 22.5 Å². The highest BCUT2D eigenvalue weighted by atomic mass is 16.2. The molecule has 0 heterocycles. The molecule has 0 spiro atoms. The number of hydrogen-bond donors (Lipinski definition) is 1. The molecular weight excluding hydrogens is 324 g/mol. The first-order valence-corrected chi connectivity index (χ1v) is 9.03. The molecule has 4 nitrogen and oxygen atoms in total. The highest BCUT2D eigenvalue weighted by molar-refractivity contribution is 5.95. The van der Waals surface area contributed by atoms with Crippen LogP contribution in [0.15, 0.2) is 42.5 Å². The lowest BCUT2D eigenvalue weighted by molar-refractivity contribution is -0.117. The number of nitrogens with zero attached hydrogens (tertiary/aromatic N) is 1. The van der Waals surface area contributed by atoms with Crippen molar-refractivity contribution in [2.45, 2.75) is 47.0 Å². The third-order valence-corrected chi connectivity index (χ3v) is 4.46. The molecule has 2 aromatic rings. The fraction of sp³-hybridized carbons (Fsp3) is 0.364. The van der Waals surface area contributed by atoms with E-state index in [1.165, 1.54) is 12.5 Å². The van der Waals surface area contributed by atoms with E-state index >= 15 is 0 Å². The molecule has 1 N–H and O–H groups in total. The molecule has 138 valence electrons. The van der Waals surface area contributed by atoms with Crippen molar-refractivity contribution < 1.29 is 9.59 Å². The molecule has 0 bridgehead atoms. The number of amides is 2. The van der Waals surface area contributed by atoms with Crippen molar-refractivity contribution in [1.82, 2.24) is 0 Å². The molecule has 2 amide bonds. The number of benzene rings is 2. The Balaban J connectivity index is 2.01. The molecular formula is C22H28N2O2. The van der Waals surface area contributed by atoms with Gasteiger partial charge in [-0.3, -0.25) is 9.59 Å². The van der Waals surface area contributed by atoms with Crippen molar-refractivity contribution in [3.8, 4) is 0 Å². The Bertz CT molecular complexity index is 779. The molecule has 0 aliphatic rings. The Morgan fingerprint density at radius 2 is 1.69 bits per heavy atom. The maximum absolute atomic E-state index is 12.3. The third kappa shape index (κ3) is 5.19. The summed E-state index contributed by atoms with van der Waals surface area (Å²) in [6.07, 6.45) is 0.249. The number of anilines is 2. The van der Waals surface area contributed by atoms with Crippen LogP contribution in [0.25, 0.3) is 0 Å². The van der Waals surface area contributed by atoms with Crippen molar-refractivity contribution in [2.75, 3.05) is 16.8 Å². The topological polar surface area (TPSA) is 49.4 Å². The molecule has 0 radical (unpaired) electrons. The number of aryl methyl sites for hydroxylation is 2. The van der Waals surface area contributed by atoms with E-state index in [2.05, 4.69) is 19.2 Å². The van der Waals surface area contributed by atoms with Gasteiger partial charge in [0, 0.05) is 31.3 Å². The Kier molecular flexibility index (Phi) is 6.56. The van der Waals surface area contributed by atoms with Crippen LogP contribution in [0.4, 0.5) is 11.4 Å². The molecule has 0 aromatic heterocycles. The van der Waals surface area contributed by atoms with Gasteiger partial charge in [0.15, 0.2) is 0 Å². The predicted molar refractivity (Wildman–Crippen MR) is 108 cm³/mol. The molecule has 0 aliphatic carbocycles. The number of hydrogen-bond acceptors (Lipinski definition) is 2. The molecule has 4 heteroatoms. The van der Waals surface area contributed by atoms with Crippen molar-refractivity contribution in [3.63, 3.8) is 0 Å². The van der Waals surface area contributed by atoms with Crippen molar-refractivity contribution in [3.05, 3.63) is 59.2 Å². The van der Waals surface area contributed by atoms with E-state index in [9.17, 15) is 9.59 Å². The van der Waals surface area contributed by atoms with Gasteiger partial charge in [0.2, 0.25) is 11.8 Å². The molecule has 0 aliphatic heterocycles. The second-order valence-corrected chi connectivity index (χ2v) is 7.04. The lowest BCUT2D eigenvalue weighted by Gasteiger charge is -2.23. The first-order valence-electron chi connectivity index (χ1n) is 9.03. The largest absolute Gasteiger partial charge is 0.326 e. The average molecular weight is 352 g/mol. The Labute approximate surface area is 156 Å². The number of carbonyl (C=O) groups is 2. The van der Waals surface area contributed by atoms with Crippen molar-refractivity contribution >= 4 is 23.2 Å². The van der Waals surface area contributed by atoms with E-state index in [-0.39, 0.29) is 18.2 Å². The average Bonchev–Trinajstić information content (AvgIpc) is 2.58. The summed E-state index contributed by atoms with van der Waals surface area (Å²) in [5.74, 6) is 0.299. The third-order valence-electron chi connectivity index (χ3n) is 4.46. The van der Waals surface area contributed by atoms with E-state index in [0.29, 0.717) is 12.5 Å². The van der Waals surface area contributed by atoms with Crippen LogP contribution in [0.3, 0.4) is 0 Å². The van der Waals surface area contributed by atoms with Gasteiger partial charge in [0.25, 0.3) is 0 Å². The summed E-state index contributed by atoms with van der Waals surface area (Å²) in [6, 6.07) is 13.9. The first-order chi connectivity index (χ1) is 12.3. The van der Waals surface area contributed by atoms with Gasteiger partial charge in [-0.05, 0) is 54.7 Å². The van der Waals surface area contributed by atoms with Crippen LogP contribution in [0.5, 0.6) is 0 Å². The summed E-state index contributed by atoms with van der Waals surface area (Å²) in [5, 5.41) is 2.90. The highest BCUT2D eigenvalue weighted by Crippen LogP contribution is 2.22. The minimum absolute atomic E-state index is 0.0622. The first kappa shape index (κ1) is 19.7. The molecule has 0 saturated heterocycles. The summed E-state index contributed by atoms with van der Waals surface area (Å²) in [6.45, 7) is 10.1. The summed E-state index contributed by atoms with van der Waals surface area (Å²) < 4.78 is 0. The van der Waals surface area contributed by atoms with Crippen LogP contribution < -0.4 is 10.2 Å². The predicted octanol–water partition coefficient (Wildman–Crippen LogP) is 4.81. The second-order valence-electron chi connectivity index (χ2n) is 7.04. The standard InChI is InChI=1S/C22H28N2O2/c1-15(2)19-8-10-20(11-9-19)23-22(26)12-13-24(18(5)25)21-14-16(3)6-7-17(21)4/h6-11,14-15H,12-13H2,1-5H3,(H,23,26). The summed E-state index contributed by atoms with van der Waals surface area (Å²) >= 11 is 0. The second kappa shape index (κ2) is 8.65. The maximum Gasteiger partial charge on any atom is 0.226 e. The van der Waals surface area contributed by atoms with E-state index in [4.69, 9.17) is 0 Å². The van der Waals surface area contributed by atoms with Crippen molar-refractivity contribution in [2.24, 2.45) is 0 Å². The quantitative estimate of drug-likeness (QED) is 0.811. The minimum atomic E-state index is -0.0983. The zero-order chi connectivity index (χ0) is 19.3. The molecule has 0 atom stereocenters. The number of nitrogens with one attached hydrogen (secondary N) is 1. The van der Waals surface area contributed by atoms with E-state index in [1.54, 1.807) is 4.90 Å². The number of carbonyl (C=O) groups excluding carboxylic acids is 2. The maximum atomic E-state index is 12.3. The van der Waals surface area contributed by atoms with Crippen LogP contribution >= 0.6 is 0 Å². The van der Waals surface area contributed by atoms with Gasteiger partial charge in [-0.15, -0.1) is 0 Å². The zero-order valence-corrected chi connectivity index (χ0v) is 16.3. The SMILES string of the molecule is CC(=O)N(CCC(=O)Nc1ccc(C(C)C)cc1)c1cc(C)ccc1C. The monoisotopic (exact) mass is 352 g/mol. The van der Waals surface area contributed by atoms with Gasteiger partial charge < -0.3 is 10.2 Å². The van der Waals surface area contributed by atoms with Gasteiger partial charge in [-0.25, -0.2) is 0 Å². The van der Waals surface area contributed by atoms with Crippen LogP contribution in [-0.2, 0) is 9.59 Å². The van der Waals surface area contributed by atoms with Gasteiger partial charge in [-0.2, -0.15) is 0 Å². The molecule has 0 fully saturated rings. The lowest BCUT2D eigenvalue weighted by Crippen LogP contribution is -2.32. The minimum Gasteiger partial charge on any atom is -0.326 e. The van der Waals surface area contributed by atoms with E-state index in [1.807, 2.05) is 56.3 Å². The van der Waals surface area contributed by atoms with Crippen LogP contribution in [0.2, 0.25) is 0 Å². The van der Waals surface area contributed by atoms with E-state index < -0.39 is 0 Å². The normalized spacial score (nSPS) is 10.7. The molecule has 26 heavy (non-hydrogen) atoms. The van der Waals surface area contributed by atoms with Crippen LogP contribution in [0, 0.1) is 13.8 Å². The summed E-state index contributed by atoms with van der Waals surface area (Å²) in [5.41, 5.74) is 5.00. The molecule has 0 unspecified atom stereocenters. The lowest BCUT2D eigenvalue weighted by atomic mass is 10.0. The highest BCUT2D eigenvalue weighted by Gasteiger charge is 2.15. The Morgan fingerprint density at radius 1 is 1.04 bits per heavy atom. The Hall–Kier alpha value is -2.62. The molecule has 0 saturated carbocycles. The van der Waals surface area contributed by atoms with Crippen LogP contribution in [0.1, 0.15) is 49.8 Å². The summed E-state index contributed by atoms with van der Waals surface area (Å²) in [7, 11) is 0. The Morgan fingerprint density at radius 3 is 2.27 bits per heavy atom. The fourth-order valence-corrected chi connectivity index (χ4v) is 2.85.